The van der Waals surface area contributed by atoms with Crippen molar-refractivity contribution in [1.82, 2.24) is 4.98 Å². The van der Waals surface area contributed by atoms with E-state index in [1.165, 1.54) is 0 Å². The molecule has 0 saturated heterocycles. The van der Waals surface area contributed by atoms with Gasteiger partial charge in [0, 0.05) is 5.92 Å². The predicted molar refractivity (Wildman–Crippen MR) is 81.7 cm³/mol. The Morgan fingerprint density at radius 2 is 1.81 bits per heavy atom. The summed E-state index contributed by atoms with van der Waals surface area (Å²) in [5.41, 5.74) is 0.923. The highest BCUT2D eigenvalue weighted by molar-refractivity contribution is 5.85. The van der Waals surface area contributed by atoms with Crippen molar-refractivity contribution in [2.24, 2.45) is 11.3 Å². The molecule has 0 radical (unpaired) electrons. The molecule has 0 amide bonds. The third kappa shape index (κ3) is 3.47. The molecule has 4 nitrogen and oxygen atoms in total. The van der Waals surface area contributed by atoms with Crippen molar-refractivity contribution in [3.8, 4) is 0 Å². The van der Waals surface area contributed by atoms with Gasteiger partial charge in [-0.1, -0.05) is 34.6 Å². The molecule has 1 saturated carbocycles. The summed E-state index contributed by atoms with van der Waals surface area (Å²) in [7, 11) is 0. The fourth-order valence-corrected chi connectivity index (χ4v) is 3.27. The quantitative estimate of drug-likeness (QED) is 0.868. The second-order valence-corrected chi connectivity index (χ2v) is 7.64. The normalized spacial score (nSPS) is 23.5. The van der Waals surface area contributed by atoms with Crippen molar-refractivity contribution in [3.63, 3.8) is 0 Å². The van der Waals surface area contributed by atoms with Crippen LogP contribution in [0.3, 0.4) is 0 Å². The minimum Gasteiger partial charge on any atom is -0.475 e. The Bertz CT molecular complexity index is 503. The first-order chi connectivity index (χ1) is 9.70. The van der Waals surface area contributed by atoms with E-state index >= 15 is 0 Å². The van der Waals surface area contributed by atoms with Gasteiger partial charge in [-0.25, -0.2) is 9.78 Å². The van der Waals surface area contributed by atoms with Crippen LogP contribution < -0.4 is 0 Å². The molecule has 1 fully saturated rings. The number of aromatic carboxylic acids is 1. The summed E-state index contributed by atoms with van der Waals surface area (Å²) in [5, 5.41) is 9.24. The maximum absolute atomic E-state index is 11.3. The lowest BCUT2D eigenvalue weighted by Gasteiger charge is -2.36. The highest BCUT2D eigenvalue weighted by atomic mass is 16.4. The highest BCUT2D eigenvalue weighted by Gasteiger charge is 2.33. The van der Waals surface area contributed by atoms with Crippen LogP contribution in [0.1, 0.15) is 94.3 Å². The number of aromatic nitrogens is 1. The van der Waals surface area contributed by atoms with Gasteiger partial charge in [0.05, 0.1) is 5.69 Å². The Morgan fingerprint density at radius 3 is 2.19 bits per heavy atom. The number of hydrogen-bond donors (Lipinski definition) is 1. The third-order valence-corrected chi connectivity index (χ3v) is 4.71. The van der Waals surface area contributed by atoms with E-state index in [1.807, 2.05) is 13.8 Å². The lowest BCUT2D eigenvalue weighted by atomic mass is 9.70. The Labute approximate surface area is 127 Å². The molecule has 1 aliphatic carbocycles. The summed E-state index contributed by atoms with van der Waals surface area (Å²) in [6.45, 7) is 10.8. The van der Waals surface area contributed by atoms with Gasteiger partial charge in [-0.2, -0.15) is 0 Å². The third-order valence-electron chi connectivity index (χ3n) is 4.71. The monoisotopic (exact) mass is 293 g/mol. The summed E-state index contributed by atoms with van der Waals surface area (Å²) < 4.78 is 5.59. The average molecular weight is 293 g/mol. The van der Waals surface area contributed by atoms with E-state index in [0.717, 1.165) is 31.6 Å². The molecule has 1 N–H and O–H groups in total. The van der Waals surface area contributed by atoms with Gasteiger partial charge in [-0.3, -0.25) is 0 Å². The second-order valence-electron chi connectivity index (χ2n) is 7.64. The summed E-state index contributed by atoms with van der Waals surface area (Å²) in [5.74, 6) is 0.711. The van der Waals surface area contributed by atoms with Crippen molar-refractivity contribution in [3.05, 3.63) is 17.3 Å². The molecule has 1 aromatic heterocycles. The highest BCUT2D eigenvalue weighted by Crippen LogP contribution is 2.43. The van der Waals surface area contributed by atoms with Crippen molar-refractivity contribution in [2.75, 3.05) is 0 Å². The second kappa shape index (κ2) is 5.82. The molecule has 1 heterocycles. The molecular formula is C17H27NO3. The van der Waals surface area contributed by atoms with E-state index in [1.54, 1.807) is 0 Å². The molecule has 1 aliphatic rings. The van der Waals surface area contributed by atoms with E-state index < -0.39 is 5.97 Å². The van der Waals surface area contributed by atoms with Crippen LogP contribution in [0, 0.1) is 11.3 Å². The number of carboxylic acids is 1. The molecule has 21 heavy (non-hydrogen) atoms. The number of rotatable bonds is 3. The largest absolute Gasteiger partial charge is 0.475 e. The molecule has 4 heteroatoms. The van der Waals surface area contributed by atoms with Crippen molar-refractivity contribution in [2.45, 2.75) is 72.1 Å². The molecule has 0 aromatic carbocycles. The summed E-state index contributed by atoms with van der Waals surface area (Å²) in [6.07, 6.45) is 4.41. The number of nitrogens with zero attached hydrogens (tertiary/aromatic N) is 1. The molecular weight excluding hydrogens is 266 g/mol. The minimum atomic E-state index is -1.01. The van der Waals surface area contributed by atoms with Crippen LogP contribution in [-0.4, -0.2) is 16.1 Å². The van der Waals surface area contributed by atoms with E-state index in [2.05, 4.69) is 25.8 Å². The Hall–Kier alpha value is -1.32. The van der Waals surface area contributed by atoms with Gasteiger partial charge < -0.3 is 9.52 Å². The number of hydrogen-bond acceptors (Lipinski definition) is 3. The maximum atomic E-state index is 11.3. The number of carboxylic acid groups (broad SMARTS) is 1. The number of carbonyl (C=O) groups is 1. The van der Waals surface area contributed by atoms with Crippen LogP contribution >= 0.6 is 0 Å². The first kappa shape index (κ1) is 16.1. The molecule has 0 atom stereocenters. The fraction of sp³-hybridized carbons (Fsp3) is 0.765. The summed E-state index contributed by atoms with van der Waals surface area (Å²) in [4.78, 5) is 15.8. The van der Waals surface area contributed by atoms with Gasteiger partial charge in [-0.15, -0.1) is 0 Å². The Balaban J connectivity index is 2.14. The molecule has 1 aromatic rings. The van der Waals surface area contributed by atoms with Crippen LogP contribution in [0.25, 0.3) is 0 Å². The average Bonchev–Trinajstić information content (AvgIpc) is 2.83. The molecule has 0 unspecified atom stereocenters. The molecule has 0 bridgehead atoms. The zero-order valence-corrected chi connectivity index (χ0v) is 13.8. The van der Waals surface area contributed by atoms with Crippen LogP contribution in [0.5, 0.6) is 0 Å². The lowest BCUT2D eigenvalue weighted by molar-refractivity contribution is 0.0656. The molecule has 0 spiro atoms. The molecule has 2 rings (SSSR count). The van der Waals surface area contributed by atoms with E-state index in [0.29, 0.717) is 17.0 Å². The maximum Gasteiger partial charge on any atom is 0.373 e. The standard InChI is InChI=1S/C17H27NO3/c1-10(2)13-14(16(19)20)21-15(18-13)11-6-8-12(9-7-11)17(3,4)5/h10-12H,6-9H2,1-5H3,(H,19,20). The smallest absolute Gasteiger partial charge is 0.373 e. The van der Waals surface area contributed by atoms with E-state index in [9.17, 15) is 9.90 Å². The van der Waals surface area contributed by atoms with Crippen LogP contribution in [0.15, 0.2) is 4.42 Å². The fourth-order valence-electron chi connectivity index (χ4n) is 3.27. The topological polar surface area (TPSA) is 63.3 Å². The lowest BCUT2D eigenvalue weighted by Crippen LogP contribution is -2.25. The minimum absolute atomic E-state index is 0.0259. The Kier molecular flexibility index (Phi) is 4.45. The van der Waals surface area contributed by atoms with Crippen molar-refractivity contribution < 1.29 is 14.3 Å². The van der Waals surface area contributed by atoms with Gasteiger partial charge in [0.15, 0.2) is 5.89 Å². The first-order valence-electron chi connectivity index (χ1n) is 7.94. The summed E-state index contributed by atoms with van der Waals surface area (Å²) >= 11 is 0. The van der Waals surface area contributed by atoms with E-state index in [-0.39, 0.29) is 17.6 Å². The Morgan fingerprint density at radius 1 is 1.24 bits per heavy atom. The number of oxazole rings is 1. The van der Waals surface area contributed by atoms with Gasteiger partial charge in [0.25, 0.3) is 0 Å². The van der Waals surface area contributed by atoms with Gasteiger partial charge in [-0.05, 0) is 42.9 Å². The zero-order valence-electron chi connectivity index (χ0n) is 13.8. The SMILES string of the molecule is CC(C)c1nc(C2CCC(C(C)(C)C)CC2)oc1C(=O)O. The van der Waals surface area contributed by atoms with Crippen LogP contribution in [0.4, 0.5) is 0 Å². The van der Waals surface area contributed by atoms with Crippen molar-refractivity contribution in [1.29, 1.82) is 0 Å². The first-order valence-corrected chi connectivity index (χ1v) is 7.94. The van der Waals surface area contributed by atoms with Crippen molar-refractivity contribution >= 4 is 5.97 Å². The van der Waals surface area contributed by atoms with E-state index in [4.69, 9.17) is 4.42 Å². The summed E-state index contributed by atoms with van der Waals surface area (Å²) in [6, 6.07) is 0. The van der Waals surface area contributed by atoms with Gasteiger partial charge >= 0.3 is 5.97 Å². The molecule has 118 valence electrons. The zero-order chi connectivity index (χ0) is 15.8. The predicted octanol–water partition coefficient (Wildman–Crippen LogP) is 4.82. The van der Waals surface area contributed by atoms with Crippen LogP contribution in [0.2, 0.25) is 0 Å². The van der Waals surface area contributed by atoms with Gasteiger partial charge in [0.1, 0.15) is 0 Å². The molecule has 0 aliphatic heterocycles. The van der Waals surface area contributed by atoms with Crippen LogP contribution in [-0.2, 0) is 0 Å². The van der Waals surface area contributed by atoms with Gasteiger partial charge in [0.2, 0.25) is 5.76 Å².